The second-order valence-corrected chi connectivity index (χ2v) is 4.17. The number of hydrogen-bond donors (Lipinski definition) is 1. The van der Waals surface area contributed by atoms with E-state index in [1.807, 2.05) is 0 Å². The van der Waals surface area contributed by atoms with Crippen LogP contribution in [0.3, 0.4) is 0 Å². The zero-order valence-corrected chi connectivity index (χ0v) is 8.15. The molecule has 1 atom stereocenters. The maximum Gasteiger partial charge on any atom is 0.0304 e. The van der Waals surface area contributed by atoms with Crippen molar-refractivity contribution in [2.24, 2.45) is 5.41 Å². The Labute approximate surface area is 69.9 Å². The van der Waals surface area contributed by atoms with Crippen LogP contribution >= 0.6 is 0 Å². The monoisotopic (exact) mass is 156 g/mol. The van der Waals surface area contributed by atoms with Gasteiger partial charge in [0.25, 0.3) is 0 Å². The Bertz CT molecular complexity index is 132. The number of hydrazine groups is 1. The summed E-state index contributed by atoms with van der Waals surface area (Å²) in [6.45, 7) is 8.11. The molecular formula is C9H20N2. The van der Waals surface area contributed by atoms with Gasteiger partial charge in [0.1, 0.15) is 0 Å². The van der Waals surface area contributed by atoms with Crippen LogP contribution in [0.15, 0.2) is 0 Å². The lowest BCUT2D eigenvalue weighted by Gasteiger charge is -2.34. The molecule has 1 rings (SSSR count). The van der Waals surface area contributed by atoms with Gasteiger partial charge in [-0.05, 0) is 18.3 Å². The summed E-state index contributed by atoms with van der Waals surface area (Å²) in [6, 6.07) is 0.715. The van der Waals surface area contributed by atoms with E-state index in [-0.39, 0.29) is 0 Å². The van der Waals surface area contributed by atoms with Crippen LogP contribution in [-0.4, -0.2) is 24.6 Å². The lowest BCUT2D eigenvalue weighted by Crippen LogP contribution is -2.42. The molecule has 0 bridgehead atoms. The minimum Gasteiger partial charge on any atom is -0.255 e. The number of nitrogens with zero attached hydrogens (tertiary/aromatic N) is 1. The van der Waals surface area contributed by atoms with Gasteiger partial charge in [-0.1, -0.05) is 20.8 Å². The molecule has 1 heterocycles. The molecule has 0 aliphatic carbocycles. The summed E-state index contributed by atoms with van der Waals surface area (Å²) in [5, 5.41) is 2.27. The van der Waals surface area contributed by atoms with Crippen molar-refractivity contribution < 1.29 is 0 Å². The topological polar surface area (TPSA) is 15.3 Å². The van der Waals surface area contributed by atoms with Crippen molar-refractivity contribution in [3.63, 3.8) is 0 Å². The minimum atomic E-state index is 0.457. The summed E-state index contributed by atoms with van der Waals surface area (Å²) < 4.78 is 0. The van der Waals surface area contributed by atoms with Gasteiger partial charge in [-0.2, -0.15) is 0 Å². The van der Waals surface area contributed by atoms with E-state index in [1.54, 1.807) is 0 Å². The van der Waals surface area contributed by atoms with Crippen molar-refractivity contribution in [3.8, 4) is 0 Å². The maximum absolute atomic E-state index is 3.34. The van der Waals surface area contributed by atoms with Crippen LogP contribution in [0.5, 0.6) is 0 Å². The van der Waals surface area contributed by atoms with Gasteiger partial charge in [0.05, 0.1) is 0 Å². The summed E-state index contributed by atoms with van der Waals surface area (Å²) in [5.74, 6) is 0. The highest BCUT2D eigenvalue weighted by Crippen LogP contribution is 2.31. The van der Waals surface area contributed by atoms with Crippen molar-refractivity contribution in [1.82, 2.24) is 10.4 Å². The second-order valence-electron chi connectivity index (χ2n) is 4.17. The molecule has 0 spiro atoms. The lowest BCUT2D eigenvalue weighted by atomic mass is 9.81. The summed E-state index contributed by atoms with van der Waals surface area (Å²) >= 11 is 0. The molecular weight excluding hydrogens is 136 g/mol. The molecule has 11 heavy (non-hydrogen) atoms. The minimum absolute atomic E-state index is 0.457. The van der Waals surface area contributed by atoms with E-state index < -0.39 is 0 Å². The molecule has 0 aromatic heterocycles. The fourth-order valence-corrected chi connectivity index (χ4v) is 1.83. The molecule has 0 radical (unpaired) electrons. The molecule has 0 amide bonds. The first-order chi connectivity index (χ1) is 5.08. The summed E-state index contributed by atoms with van der Waals surface area (Å²) in [6.07, 6.45) is 2.54. The zero-order chi connectivity index (χ0) is 8.48. The highest BCUT2D eigenvalue weighted by atomic mass is 15.5. The van der Waals surface area contributed by atoms with Gasteiger partial charge in [0.15, 0.2) is 0 Å². The molecule has 0 aromatic carbocycles. The van der Waals surface area contributed by atoms with E-state index in [2.05, 4.69) is 38.3 Å². The van der Waals surface area contributed by atoms with Crippen LogP contribution in [0.4, 0.5) is 0 Å². The second kappa shape index (κ2) is 3.11. The third kappa shape index (κ3) is 1.74. The van der Waals surface area contributed by atoms with Crippen molar-refractivity contribution >= 4 is 0 Å². The first-order valence-corrected chi connectivity index (χ1v) is 4.54. The van der Waals surface area contributed by atoms with Crippen LogP contribution in [0.1, 0.15) is 33.6 Å². The number of rotatable bonds is 2. The quantitative estimate of drug-likeness (QED) is 0.653. The van der Waals surface area contributed by atoms with Crippen LogP contribution in [0.2, 0.25) is 0 Å². The van der Waals surface area contributed by atoms with E-state index in [1.165, 1.54) is 12.8 Å². The molecule has 66 valence electrons. The van der Waals surface area contributed by atoms with E-state index >= 15 is 0 Å². The number of hydrogen-bond acceptors (Lipinski definition) is 2. The lowest BCUT2D eigenvalue weighted by molar-refractivity contribution is 0.114. The van der Waals surface area contributed by atoms with Crippen molar-refractivity contribution in [3.05, 3.63) is 0 Å². The molecule has 0 aromatic rings. The maximum atomic E-state index is 3.34. The standard InChI is InChI=1S/C9H20N2/c1-5-9(2,3)8-6-7-10-11(8)4/h8,10H,5-7H2,1-4H3. The van der Waals surface area contributed by atoms with Crippen LogP contribution in [-0.2, 0) is 0 Å². The molecule has 1 fully saturated rings. The molecule has 2 nitrogen and oxygen atoms in total. The Morgan fingerprint density at radius 2 is 2.18 bits per heavy atom. The first kappa shape index (κ1) is 9.01. The average molecular weight is 156 g/mol. The van der Waals surface area contributed by atoms with Gasteiger partial charge in [-0.25, -0.2) is 5.01 Å². The predicted octanol–water partition coefficient (Wildman–Crippen LogP) is 1.63. The van der Waals surface area contributed by atoms with E-state index in [0.29, 0.717) is 11.5 Å². The Balaban J connectivity index is 2.58. The fraction of sp³-hybridized carbons (Fsp3) is 1.00. The summed E-state index contributed by atoms with van der Waals surface area (Å²) in [4.78, 5) is 0. The van der Waals surface area contributed by atoms with Gasteiger partial charge in [-0.3, -0.25) is 5.43 Å². The molecule has 2 heteroatoms. The van der Waals surface area contributed by atoms with Crippen molar-refractivity contribution in [1.29, 1.82) is 0 Å². The van der Waals surface area contributed by atoms with Gasteiger partial charge in [0, 0.05) is 19.6 Å². The molecule has 0 saturated carbocycles. The van der Waals surface area contributed by atoms with Gasteiger partial charge in [0.2, 0.25) is 0 Å². The molecule has 1 N–H and O–H groups in total. The van der Waals surface area contributed by atoms with Crippen LogP contribution < -0.4 is 5.43 Å². The van der Waals surface area contributed by atoms with E-state index in [4.69, 9.17) is 0 Å². The predicted molar refractivity (Wildman–Crippen MR) is 48.2 cm³/mol. The van der Waals surface area contributed by atoms with Crippen LogP contribution in [0.25, 0.3) is 0 Å². The third-order valence-electron chi connectivity index (χ3n) is 3.06. The molecule has 1 unspecified atom stereocenters. The Hall–Kier alpha value is -0.0800. The van der Waals surface area contributed by atoms with Crippen molar-refractivity contribution in [2.75, 3.05) is 13.6 Å². The summed E-state index contributed by atoms with van der Waals surface area (Å²) in [5.41, 5.74) is 3.80. The normalized spacial score (nSPS) is 27.8. The number of nitrogens with one attached hydrogen (secondary N) is 1. The highest BCUT2D eigenvalue weighted by Gasteiger charge is 2.33. The molecule has 1 aliphatic heterocycles. The largest absolute Gasteiger partial charge is 0.255 e. The molecule has 1 aliphatic rings. The van der Waals surface area contributed by atoms with Gasteiger partial charge >= 0.3 is 0 Å². The van der Waals surface area contributed by atoms with Crippen molar-refractivity contribution in [2.45, 2.75) is 39.7 Å². The Morgan fingerprint density at radius 1 is 1.55 bits per heavy atom. The zero-order valence-electron chi connectivity index (χ0n) is 8.15. The van der Waals surface area contributed by atoms with Gasteiger partial charge < -0.3 is 0 Å². The first-order valence-electron chi connectivity index (χ1n) is 4.54. The fourth-order valence-electron chi connectivity index (χ4n) is 1.83. The Kier molecular flexibility index (Phi) is 2.55. The SMILES string of the molecule is CCC(C)(C)C1CCNN1C. The van der Waals surface area contributed by atoms with Gasteiger partial charge in [-0.15, -0.1) is 0 Å². The Morgan fingerprint density at radius 3 is 2.55 bits per heavy atom. The summed E-state index contributed by atoms with van der Waals surface area (Å²) in [7, 11) is 2.15. The van der Waals surface area contributed by atoms with Crippen LogP contribution in [0, 0.1) is 5.41 Å². The third-order valence-corrected chi connectivity index (χ3v) is 3.06. The average Bonchev–Trinajstić information content (AvgIpc) is 2.36. The molecule has 1 saturated heterocycles. The van der Waals surface area contributed by atoms with E-state index in [9.17, 15) is 0 Å². The smallest absolute Gasteiger partial charge is 0.0304 e. The highest BCUT2D eigenvalue weighted by molar-refractivity contribution is 4.86. The van der Waals surface area contributed by atoms with E-state index in [0.717, 1.165) is 6.54 Å².